The van der Waals surface area contributed by atoms with Gasteiger partial charge >= 0.3 is 0 Å². The molecule has 0 aliphatic carbocycles. The summed E-state index contributed by atoms with van der Waals surface area (Å²) in [6.45, 7) is 4.16. The lowest BCUT2D eigenvalue weighted by Gasteiger charge is -2.25. The Balaban J connectivity index is 2.27. The third-order valence-corrected chi connectivity index (χ3v) is 5.00. The number of thiazole rings is 1. The highest BCUT2D eigenvalue weighted by molar-refractivity contribution is 9.10. The summed E-state index contributed by atoms with van der Waals surface area (Å²) in [5.74, 6) is 0.182. The summed E-state index contributed by atoms with van der Waals surface area (Å²) in [7, 11) is 0. The van der Waals surface area contributed by atoms with Crippen molar-refractivity contribution >= 4 is 33.2 Å². The van der Waals surface area contributed by atoms with Gasteiger partial charge in [0.2, 0.25) is 5.91 Å². The Kier molecular flexibility index (Phi) is 7.56. The summed E-state index contributed by atoms with van der Waals surface area (Å²) >= 11 is 5.00. The highest BCUT2D eigenvalue weighted by Gasteiger charge is 2.26. The largest absolute Gasteiger partial charge is 0.342 e. The molecule has 1 heterocycles. The summed E-state index contributed by atoms with van der Waals surface area (Å²) in [4.78, 5) is 16.9. The van der Waals surface area contributed by atoms with Crippen LogP contribution in [0.4, 0.5) is 0 Å². The Morgan fingerprint density at radius 3 is 2.64 bits per heavy atom. The number of amides is 1. The lowest BCUT2D eigenvalue weighted by Crippen LogP contribution is -2.46. The Bertz CT molecular complexity index is 710. The second kappa shape index (κ2) is 9.66. The second-order valence-electron chi connectivity index (χ2n) is 6.08. The van der Waals surface area contributed by atoms with Crippen molar-refractivity contribution in [1.82, 2.24) is 15.6 Å². The lowest BCUT2D eigenvalue weighted by atomic mass is 10.00. The molecule has 0 bridgehead atoms. The normalized spacial score (nSPS) is 13.2. The highest BCUT2D eigenvalue weighted by atomic mass is 79.9. The van der Waals surface area contributed by atoms with Crippen LogP contribution in [0, 0.1) is 17.2 Å². The molecule has 1 aromatic carbocycles. The van der Waals surface area contributed by atoms with Crippen molar-refractivity contribution in [2.24, 2.45) is 5.92 Å². The maximum atomic E-state index is 12.5. The SMILES string of the molecule is CC(C)CC(N[C@@H](c1ccc(Br)cc1)c1nccs1)C(=O)NCC#N. The summed E-state index contributed by atoms with van der Waals surface area (Å²) in [5.41, 5.74) is 1.04. The van der Waals surface area contributed by atoms with Gasteiger partial charge in [-0.1, -0.05) is 41.9 Å². The number of hydrogen-bond acceptors (Lipinski definition) is 5. The fourth-order valence-corrected chi connectivity index (χ4v) is 3.50. The van der Waals surface area contributed by atoms with Gasteiger partial charge < -0.3 is 5.32 Å². The zero-order valence-electron chi connectivity index (χ0n) is 14.2. The van der Waals surface area contributed by atoms with Crippen molar-refractivity contribution < 1.29 is 4.79 Å². The van der Waals surface area contributed by atoms with Crippen LogP contribution < -0.4 is 10.6 Å². The molecule has 5 nitrogen and oxygen atoms in total. The van der Waals surface area contributed by atoms with E-state index in [0.717, 1.165) is 15.0 Å². The van der Waals surface area contributed by atoms with E-state index in [2.05, 4.69) is 45.4 Å². The van der Waals surface area contributed by atoms with Gasteiger partial charge in [0.15, 0.2) is 0 Å². The third-order valence-electron chi connectivity index (χ3n) is 3.63. The number of rotatable bonds is 8. The van der Waals surface area contributed by atoms with Crippen LogP contribution in [0.1, 0.15) is 36.9 Å². The van der Waals surface area contributed by atoms with E-state index < -0.39 is 6.04 Å². The van der Waals surface area contributed by atoms with Gasteiger partial charge in [0.1, 0.15) is 11.6 Å². The van der Waals surface area contributed by atoms with Gasteiger partial charge in [-0.15, -0.1) is 11.3 Å². The summed E-state index contributed by atoms with van der Waals surface area (Å²) in [5, 5.41) is 17.7. The van der Waals surface area contributed by atoms with Crippen LogP contribution >= 0.6 is 27.3 Å². The molecule has 1 unspecified atom stereocenters. The number of nitriles is 1. The molecule has 2 aromatic rings. The molecule has 132 valence electrons. The maximum absolute atomic E-state index is 12.5. The monoisotopic (exact) mass is 420 g/mol. The number of aromatic nitrogens is 1. The Morgan fingerprint density at radius 1 is 1.36 bits per heavy atom. The third kappa shape index (κ3) is 5.92. The van der Waals surface area contributed by atoms with Crippen molar-refractivity contribution in [2.75, 3.05) is 6.54 Å². The van der Waals surface area contributed by atoms with Gasteiger partial charge in [0.05, 0.1) is 18.2 Å². The molecule has 1 amide bonds. The molecule has 0 aliphatic rings. The number of hydrogen-bond donors (Lipinski definition) is 2. The van der Waals surface area contributed by atoms with Gasteiger partial charge in [-0.2, -0.15) is 5.26 Å². The molecular formula is C18H21BrN4OS. The first-order valence-corrected chi connectivity index (χ1v) is 9.74. The number of nitrogens with zero attached hydrogens (tertiary/aromatic N) is 2. The van der Waals surface area contributed by atoms with E-state index in [1.54, 1.807) is 17.5 Å². The van der Waals surface area contributed by atoms with Crippen LogP contribution in [0.5, 0.6) is 0 Å². The molecule has 0 saturated carbocycles. The maximum Gasteiger partial charge on any atom is 0.237 e. The lowest BCUT2D eigenvalue weighted by molar-refractivity contribution is -0.123. The predicted molar refractivity (Wildman–Crippen MR) is 103 cm³/mol. The molecule has 0 fully saturated rings. The topological polar surface area (TPSA) is 77.8 Å². The van der Waals surface area contributed by atoms with E-state index in [9.17, 15) is 4.79 Å². The van der Waals surface area contributed by atoms with E-state index >= 15 is 0 Å². The summed E-state index contributed by atoms with van der Waals surface area (Å²) in [6.07, 6.45) is 2.44. The Hall–Kier alpha value is -1.75. The van der Waals surface area contributed by atoms with E-state index in [4.69, 9.17) is 5.26 Å². The molecule has 2 atom stereocenters. The first-order valence-electron chi connectivity index (χ1n) is 8.06. The fourth-order valence-electron chi connectivity index (χ4n) is 2.52. The number of halogens is 1. The molecular weight excluding hydrogens is 400 g/mol. The van der Waals surface area contributed by atoms with E-state index in [1.807, 2.05) is 35.7 Å². The van der Waals surface area contributed by atoms with Gasteiger partial charge in [-0.3, -0.25) is 10.1 Å². The number of benzene rings is 1. The summed E-state index contributed by atoms with van der Waals surface area (Å²) in [6, 6.07) is 9.36. The molecule has 0 spiro atoms. The minimum atomic E-state index is -0.397. The van der Waals surface area contributed by atoms with Crippen molar-refractivity contribution in [1.29, 1.82) is 5.26 Å². The van der Waals surface area contributed by atoms with E-state index in [-0.39, 0.29) is 18.5 Å². The van der Waals surface area contributed by atoms with E-state index in [0.29, 0.717) is 12.3 Å². The van der Waals surface area contributed by atoms with Gasteiger partial charge in [0, 0.05) is 16.0 Å². The second-order valence-corrected chi connectivity index (χ2v) is 7.92. The average Bonchev–Trinajstić information content (AvgIpc) is 3.11. The molecule has 2 rings (SSSR count). The average molecular weight is 421 g/mol. The number of nitrogens with one attached hydrogen (secondary N) is 2. The quantitative estimate of drug-likeness (QED) is 0.638. The van der Waals surface area contributed by atoms with Gasteiger partial charge in [0.25, 0.3) is 0 Å². The molecule has 0 aliphatic heterocycles. The van der Waals surface area contributed by atoms with Crippen LogP contribution in [0.2, 0.25) is 0 Å². The Labute approximate surface area is 160 Å². The molecule has 0 radical (unpaired) electrons. The van der Waals surface area contributed by atoms with Crippen LogP contribution in [-0.2, 0) is 4.79 Å². The number of carbonyl (C=O) groups is 1. The van der Waals surface area contributed by atoms with E-state index in [1.165, 1.54) is 0 Å². The number of carbonyl (C=O) groups excluding carboxylic acids is 1. The van der Waals surface area contributed by atoms with Crippen molar-refractivity contribution in [3.8, 4) is 6.07 Å². The highest BCUT2D eigenvalue weighted by Crippen LogP contribution is 2.26. The first-order chi connectivity index (χ1) is 12.0. The van der Waals surface area contributed by atoms with Crippen LogP contribution in [-0.4, -0.2) is 23.5 Å². The predicted octanol–water partition coefficient (Wildman–Crippen LogP) is 3.64. The summed E-state index contributed by atoms with van der Waals surface area (Å²) < 4.78 is 1.000. The van der Waals surface area contributed by atoms with Crippen LogP contribution in [0.25, 0.3) is 0 Å². The van der Waals surface area contributed by atoms with Gasteiger partial charge in [-0.05, 0) is 30.0 Å². The van der Waals surface area contributed by atoms with Crippen LogP contribution in [0.15, 0.2) is 40.3 Å². The zero-order chi connectivity index (χ0) is 18.2. The fraction of sp³-hybridized carbons (Fsp3) is 0.389. The smallest absolute Gasteiger partial charge is 0.237 e. The Morgan fingerprint density at radius 2 is 2.08 bits per heavy atom. The van der Waals surface area contributed by atoms with Crippen molar-refractivity contribution in [3.63, 3.8) is 0 Å². The standard InChI is InChI=1S/C18H21BrN4OS/c1-12(2)11-15(17(24)21-8-7-20)23-16(18-22-9-10-25-18)13-3-5-14(19)6-4-13/h3-6,9-10,12,15-16,23H,8,11H2,1-2H3,(H,21,24)/t15?,16-/m0/s1. The molecule has 1 aromatic heterocycles. The molecule has 7 heteroatoms. The molecule has 0 saturated heterocycles. The van der Waals surface area contributed by atoms with Crippen molar-refractivity contribution in [3.05, 3.63) is 50.9 Å². The first kappa shape index (κ1) is 19.6. The van der Waals surface area contributed by atoms with Gasteiger partial charge in [-0.25, -0.2) is 4.98 Å². The zero-order valence-corrected chi connectivity index (χ0v) is 16.6. The van der Waals surface area contributed by atoms with Crippen LogP contribution in [0.3, 0.4) is 0 Å². The van der Waals surface area contributed by atoms with Crippen molar-refractivity contribution in [2.45, 2.75) is 32.4 Å². The minimum absolute atomic E-state index is 0.00924. The molecule has 25 heavy (non-hydrogen) atoms. The minimum Gasteiger partial charge on any atom is -0.342 e. The molecule has 2 N–H and O–H groups in total.